The van der Waals surface area contributed by atoms with Crippen molar-refractivity contribution in [2.45, 2.75) is 52.2 Å². The van der Waals surface area contributed by atoms with Crippen LogP contribution in [0.4, 0.5) is 4.79 Å². The van der Waals surface area contributed by atoms with Gasteiger partial charge in [-0.25, -0.2) is 4.79 Å². The van der Waals surface area contributed by atoms with E-state index in [-0.39, 0.29) is 12.1 Å². The normalized spacial score (nSPS) is 13.3. The van der Waals surface area contributed by atoms with Crippen LogP contribution in [-0.4, -0.2) is 55.8 Å². The summed E-state index contributed by atoms with van der Waals surface area (Å²) in [7, 11) is 3.53. The fourth-order valence-corrected chi connectivity index (χ4v) is 2.80. The molecule has 6 nitrogen and oxygen atoms in total. The van der Waals surface area contributed by atoms with Crippen LogP contribution in [0.15, 0.2) is 22.5 Å². The Hall–Kier alpha value is -1.76. The highest BCUT2D eigenvalue weighted by Gasteiger charge is 2.22. The first-order chi connectivity index (χ1) is 11.7. The van der Waals surface area contributed by atoms with Gasteiger partial charge in [0.1, 0.15) is 5.60 Å². The molecule has 1 aromatic rings. The molecule has 142 valence electrons. The second-order valence-corrected chi connectivity index (χ2v) is 8.02. The van der Waals surface area contributed by atoms with E-state index in [2.05, 4.69) is 33.1 Å². The SMILES string of the molecule is CN=C(NCCc1cccs1)NCCC(C)N(C)C(=O)OC(C)(C)C. The summed E-state index contributed by atoms with van der Waals surface area (Å²) in [5.74, 6) is 0.781. The van der Waals surface area contributed by atoms with Gasteiger partial charge in [0.05, 0.1) is 0 Å². The monoisotopic (exact) mass is 368 g/mol. The summed E-state index contributed by atoms with van der Waals surface area (Å²) in [5.41, 5.74) is -0.474. The zero-order valence-electron chi connectivity index (χ0n) is 16.3. The molecule has 0 saturated heterocycles. The number of aliphatic imine (C=N–C) groups is 1. The van der Waals surface area contributed by atoms with Crippen molar-refractivity contribution >= 4 is 23.4 Å². The van der Waals surface area contributed by atoms with Gasteiger partial charge in [-0.15, -0.1) is 11.3 Å². The fraction of sp³-hybridized carbons (Fsp3) is 0.667. The van der Waals surface area contributed by atoms with Crippen molar-refractivity contribution in [3.63, 3.8) is 0 Å². The van der Waals surface area contributed by atoms with Gasteiger partial charge in [-0.3, -0.25) is 4.99 Å². The number of hydrogen-bond acceptors (Lipinski definition) is 4. The lowest BCUT2D eigenvalue weighted by Crippen LogP contribution is -2.43. The van der Waals surface area contributed by atoms with Crippen molar-refractivity contribution in [2.24, 2.45) is 4.99 Å². The molecule has 0 spiro atoms. The van der Waals surface area contributed by atoms with Crippen LogP contribution >= 0.6 is 11.3 Å². The second kappa shape index (κ2) is 10.3. The van der Waals surface area contributed by atoms with Crippen molar-refractivity contribution in [2.75, 3.05) is 27.2 Å². The Morgan fingerprint density at radius 3 is 2.60 bits per heavy atom. The molecular weight excluding hydrogens is 336 g/mol. The zero-order chi connectivity index (χ0) is 18.9. The molecule has 2 N–H and O–H groups in total. The first-order valence-electron chi connectivity index (χ1n) is 8.65. The maximum absolute atomic E-state index is 12.1. The summed E-state index contributed by atoms with van der Waals surface area (Å²) in [5, 5.41) is 8.68. The number of rotatable bonds is 7. The lowest BCUT2D eigenvalue weighted by Gasteiger charge is -2.28. The number of nitrogens with one attached hydrogen (secondary N) is 2. The zero-order valence-corrected chi connectivity index (χ0v) is 17.1. The quantitative estimate of drug-likeness (QED) is 0.573. The van der Waals surface area contributed by atoms with E-state index >= 15 is 0 Å². The molecule has 0 aliphatic carbocycles. The molecule has 0 fully saturated rings. The van der Waals surface area contributed by atoms with Gasteiger partial charge in [0, 0.05) is 38.1 Å². The summed E-state index contributed by atoms with van der Waals surface area (Å²) in [6.07, 6.45) is 1.50. The molecule has 1 rings (SSSR count). The molecule has 1 heterocycles. The largest absolute Gasteiger partial charge is 0.444 e. The van der Waals surface area contributed by atoms with Gasteiger partial charge < -0.3 is 20.3 Å². The Kier molecular flexibility index (Phi) is 8.75. The van der Waals surface area contributed by atoms with Gasteiger partial charge in [0.2, 0.25) is 0 Å². The molecule has 0 aromatic carbocycles. The van der Waals surface area contributed by atoms with E-state index in [1.54, 1.807) is 30.3 Å². The summed E-state index contributed by atoms with van der Waals surface area (Å²) < 4.78 is 5.39. The molecule has 7 heteroatoms. The van der Waals surface area contributed by atoms with E-state index in [9.17, 15) is 4.79 Å². The standard InChI is InChI=1S/C18H32N4O2S/c1-14(22(6)17(23)24-18(2,3)4)9-11-20-16(19-5)21-12-10-15-8-7-13-25-15/h7-8,13-14H,9-12H2,1-6H3,(H2,19,20,21). The molecule has 0 aliphatic heterocycles. The summed E-state index contributed by atoms with van der Waals surface area (Å²) in [6.45, 7) is 9.20. The summed E-state index contributed by atoms with van der Waals surface area (Å²) >= 11 is 1.76. The molecular formula is C18H32N4O2S. The van der Waals surface area contributed by atoms with Crippen LogP contribution in [0.3, 0.4) is 0 Å². The maximum Gasteiger partial charge on any atom is 0.410 e. The van der Waals surface area contributed by atoms with E-state index in [4.69, 9.17) is 4.74 Å². The Morgan fingerprint density at radius 1 is 1.36 bits per heavy atom. The third-order valence-corrected chi connectivity index (χ3v) is 4.60. The van der Waals surface area contributed by atoms with Crippen molar-refractivity contribution in [3.05, 3.63) is 22.4 Å². The van der Waals surface area contributed by atoms with Crippen molar-refractivity contribution < 1.29 is 9.53 Å². The van der Waals surface area contributed by atoms with Gasteiger partial charge >= 0.3 is 6.09 Å². The first-order valence-corrected chi connectivity index (χ1v) is 9.53. The third kappa shape index (κ3) is 8.77. The minimum Gasteiger partial charge on any atom is -0.444 e. The van der Waals surface area contributed by atoms with Crippen LogP contribution < -0.4 is 10.6 Å². The highest BCUT2D eigenvalue weighted by atomic mass is 32.1. The topological polar surface area (TPSA) is 66.0 Å². The van der Waals surface area contributed by atoms with Crippen LogP contribution in [-0.2, 0) is 11.2 Å². The number of nitrogens with zero attached hydrogens (tertiary/aromatic N) is 2. The minimum atomic E-state index is -0.474. The third-order valence-electron chi connectivity index (χ3n) is 3.66. The molecule has 0 saturated carbocycles. The van der Waals surface area contributed by atoms with Gasteiger partial charge in [-0.1, -0.05) is 6.07 Å². The lowest BCUT2D eigenvalue weighted by atomic mass is 10.2. The summed E-state index contributed by atoms with van der Waals surface area (Å²) in [6, 6.07) is 4.28. The molecule has 0 radical (unpaired) electrons. The van der Waals surface area contributed by atoms with Crippen LogP contribution in [0.25, 0.3) is 0 Å². The van der Waals surface area contributed by atoms with E-state index < -0.39 is 5.60 Å². The van der Waals surface area contributed by atoms with E-state index in [0.29, 0.717) is 0 Å². The van der Waals surface area contributed by atoms with Gasteiger partial charge in [-0.05, 0) is 52.0 Å². The van der Waals surface area contributed by atoms with Gasteiger partial charge in [0.25, 0.3) is 0 Å². The number of carbonyl (C=O) groups excluding carboxylic acids is 1. The van der Waals surface area contributed by atoms with Crippen LogP contribution in [0, 0.1) is 0 Å². The van der Waals surface area contributed by atoms with Crippen LogP contribution in [0.2, 0.25) is 0 Å². The van der Waals surface area contributed by atoms with Crippen molar-refractivity contribution in [1.82, 2.24) is 15.5 Å². The number of guanidine groups is 1. The average Bonchev–Trinajstić information content (AvgIpc) is 3.04. The Bertz CT molecular complexity index is 538. The Labute approximate surface area is 155 Å². The van der Waals surface area contributed by atoms with Gasteiger partial charge in [-0.2, -0.15) is 0 Å². The van der Waals surface area contributed by atoms with E-state index in [0.717, 1.165) is 31.9 Å². The fourth-order valence-electron chi connectivity index (χ4n) is 2.09. The highest BCUT2D eigenvalue weighted by molar-refractivity contribution is 7.09. The lowest BCUT2D eigenvalue weighted by molar-refractivity contribution is 0.0230. The number of amides is 1. The molecule has 1 aromatic heterocycles. The molecule has 1 amide bonds. The minimum absolute atomic E-state index is 0.0755. The van der Waals surface area contributed by atoms with Crippen LogP contribution in [0.5, 0.6) is 0 Å². The molecule has 1 atom stereocenters. The highest BCUT2D eigenvalue weighted by Crippen LogP contribution is 2.11. The van der Waals surface area contributed by atoms with Crippen molar-refractivity contribution in [3.8, 4) is 0 Å². The number of hydrogen-bond donors (Lipinski definition) is 2. The Morgan fingerprint density at radius 2 is 2.04 bits per heavy atom. The predicted molar refractivity (Wildman–Crippen MR) is 105 cm³/mol. The van der Waals surface area contributed by atoms with Gasteiger partial charge in [0.15, 0.2) is 5.96 Å². The number of ether oxygens (including phenoxy) is 1. The Balaban J connectivity index is 2.27. The molecule has 0 aliphatic rings. The molecule has 0 bridgehead atoms. The number of thiophene rings is 1. The first kappa shape index (κ1) is 21.3. The maximum atomic E-state index is 12.1. The van der Waals surface area contributed by atoms with Crippen molar-refractivity contribution in [1.29, 1.82) is 0 Å². The van der Waals surface area contributed by atoms with Crippen LogP contribution in [0.1, 0.15) is 39.0 Å². The van der Waals surface area contributed by atoms with E-state index in [1.165, 1.54) is 4.88 Å². The molecule has 1 unspecified atom stereocenters. The predicted octanol–water partition coefficient (Wildman–Crippen LogP) is 3.10. The second-order valence-electron chi connectivity index (χ2n) is 6.98. The average molecular weight is 369 g/mol. The molecule has 25 heavy (non-hydrogen) atoms. The number of carbonyl (C=O) groups is 1. The van der Waals surface area contributed by atoms with E-state index in [1.807, 2.05) is 27.7 Å². The smallest absolute Gasteiger partial charge is 0.410 e. The summed E-state index contributed by atoms with van der Waals surface area (Å²) in [4.78, 5) is 19.3.